The Bertz CT molecular complexity index is 1280. The maximum Gasteiger partial charge on any atom is 0.252 e. The van der Waals surface area contributed by atoms with Crippen LogP contribution in [0.3, 0.4) is 0 Å². The zero-order chi connectivity index (χ0) is 25.3. The SMILES string of the molecule is COC(CN(C1CC(=O)N(c2ccc(S(N)(=O)=O)cc2)C1=O)S(=O)(=O)c1ccc(Br)cc1)OC. The summed E-state index contributed by atoms with van der Waals surface area (Å²) in [5, 5.41) is 5.09. The number of hydrogen-bond acceptors (Lipinski definition) is 8. The number of halogens is 1. The fourth-order valence-electron chi connectivity index (χ4n) is 3.42. The number of sulfonamides is 2. The molecule has 1 heterocycles. The highest BCUT2D eigenvalue weighted by molar-refractivity contribution is 9.10. The Balaban J connectivity index is 2.00. The van der Waals surface area contributed by atoms with Crippen LogP contribution in [0.4, 0.5) is 5.69 Å². The molecule has 2 N–H and O–H groups in total. The molecule has 11 nitrogen and oxygen atoms in total. The van der Waals surface area contributed by atoms with Gasteiger partial charge in [-0.1, -0.05) is 15.9 Å². The Morgan fingerprint density at radius 1 is 1.00 bits per heavy atom. The molecule has 1 aliphatic rings. The molecule has 1 atom stereocenters. The first-order chi connectivity index (χ1) is 15.9. The van der Waals surface area contributed by atoms with E-state index in [1.807, 2.05) is 0 Å². The van der Waals surface area contributed by atoms with Crippen LogP contribution in [0.15, 0.2) is 62.8 Å². The third kappa shape index (κ3) is 5.38. The standard InChI is InChI=1S/C20H22BrN3O8S2/c1-31-19(32-2)12-23(34(29,30)16-7-3-13(21)4-8-16)17-11-18(25)24(20(17)26)14-5-9-15(10-6-14)33(22,27)28/h3-10,17,19H,11-12H2,1-2H3,(H2,22,27,28). The highest BCUT2D eigenvalue weighted by atomic mass is 79.9. The van der Waals surface area contributed by atoms with E-state index in [1.165, 1.54) is 50.6 Å². The maximum absolute atomic E-state index is 13.5. The van der Waals surface area contributed by atoms with E-state index in [1.54, 1.807) is 0 Å². The Morgan fingerprint density at radius 2 is 1.53 bits per heavy atom. The molecule has 2 aromatic rings. The Labute approximate surface area is 205 Å². The van der Waals surface area contributed by atoms with Gasteiger partial charge in [0.05, 0.1) is 28.4 Å². The Kier molecular flexibility index (Phi) is 7.92. The molecular formula is C20H22BrN3O8S2. The molecule has 14 heteroatoms. The van der Waals surface area contributed by atoms with Gasteiger partial charge in [-0.3, -0.25) is 9.59 Å². The summed E-state index contributed by atoms with van der Waals surface area (Å²) in [6.07, 6.45) is -1.43. The number of primary sulfonamides is 1. The van der Waals surface area contributed by atoms with Gasteiger partial charge in [-0.15, -0.1) is 0 Å². The van der Waals surface area contributed by atoms with Crippen molar-refractivity contribution in [3.8, 4) is 0 Å². The van der Waals surface area contributed by atoms with Crippen LogP contribution < -0.4 is 10.0 Å². The van der Waals surface area contributed by atoms with Crippen LogP contribution in [0.2, 0.25) is 0 Å². The number of rotatable bonds is 9. The van der Waals surface area contributed by atoms with Crippen LogP contribution in [0, 0.1) is 0 Å². The van der Waals surface area contributed by atoms with Crippen LogP contribution in [-0.4, -0.2) is 66.1 Å². The number of methoxy groups -OCH3 is 2. The molecule has 0 radical (unpaired) electrons. The van der Waals surface area contributed by atoms with Gasteiger partial charge in [-0.05, 0) is 48.5 Å². The van der Waals surface area contributed by atoms with Crippen molar-refractivity contribution in [1.29, 1.82) is 0 Å². The average molecular weight is 576 g/mol. The smallest absolute Gasteiger partial charge is 0.252 e. The number of imide groups is 1. The second-order valence-electron chi connectivity index (χ2n) is 7.26. The number of anilines is 1. The molecule has 1 aliphatic heterocycles. The zero-order valence-corrected chi connectivity index (χ0v) is 21.3. The van der Waals surface area contributed by atoms with Gasteiger partial charge in [0.15, 0.2) is 6.29 Å². The van der Waals surface area contributed by atoms with Gasteiger partial charge < -0.3 is 9.47 Å². The van der Waals surface area contributed by atoms with Crippen LogP contribution >= 0.6 is 15.9 Å². The molecule has 184 valence electrons. The molecule has 1 fully saturated rings. The van der Waals surface area contributed by atoms with E-state index >= 15 is 0 Å². The third-order valence-electron chi connectivity index (χ3n) is 5.17. The normalized spacial score (nSPS) is 17.2. The number of nitrogens with two attached hydrogens (primary N) is 1. The van der Waals surface area contributed by atoms with E-state index < -0.39 is 50.6 Å². The molecular weight excluding hydrogens is 554 g/mol. The van der Waals surface area contributed by atoms with Gasteiger partial charge in [0.2, 0.25) is 26.0 Å². The third-order valence-corrected chi connectivity index (χ3v) is 8.52. The molecule has 2 amide bonds. The van der Waals surface area contributed by atoms with Crippen molar-refractivity contribution in [2.45, 2.75) is 28.5 Å². The lowest BCUT2D eigenvalue weighted by Crippen LogP contribution is -2.49. The summed E-state index contributed by atoms with van der Waals surface area (Å²) >= 11 is 3.25. The van der Waals surface area contributed by atoms with Gasteiger partial charge in [-0.2, -0.15) is 4.31 Å². The van der Waals surface area contributed by atoms with Gasteiger partial charge >= 0.3 is 0 Å². The van der Waals surface area contributed by atoms with E-state index in [4.69, 9.17) is 14.6 Å². The predicted molar refractivity (Wildman–Crippen MR) is 125 cm³/mol. The van der Waals surface area contributed by atoms with Crippen molar-refractivity contribution < 1.29 is 35.9 Å². The number of carbonyl (C=O) groups is 2. The predicted octanol–water partition coefficient (Wildman–Crippen LogP) is 1.04. The average Bonchev–Trinajstić information content (AvgIpc) is 3.07. The van der Waals surface area contributed by atoms with Crippen molar-refractivity contribution >= 4 is 53.5 Å². The molecule has 0 saturated carbocycles. The summed E-state index contributed by atoms with van der Waals surface area (Å²) in [6, 6.07) is 9.25. The lowest BCUT2D eigenvalue weighted by atomic mass is 10.2. The van der Waals surface area contributed by atoms with Crippen LogP contribution in [0.25, 0.3) is 0 Å². The molecule has 1 saturated heterocycles. The van der Waals surface area contributed by atoms with Crippen molar-refractivity contribution in [3.63, 3.8) is 0 Å². The monoisotopic (exact) mass is 575 g/mol. The van der Waals surface area contributed by atoms with Gasteiger partial charge in [0, 0.05) is 18.7 Å². The van der Waals surface area contributed by atoms with Crippen LogP contribution in [0.1, 0.15) is 6.42 Å². The Morgan fingerprint density at radius 3 is 2.03 bits per heavy atom. The first kappa shape index (κ1) is 26.4. The Hall–Kier alpha value is -2.20. The van der Waals surface area contributed by atoms with E-state index in [0.29, 0.717) is 4.47 Å². The number of carbonyl (C=O) groups excluding carboxylic acids is 2. The summed E-state index contributed by atoms with van der Waals surface area (Å²) in [4.78, 5) is 26.6. The highest BCUT2D eigenvalue weighted by Gasteiger charge is 2.47. The molecule has 1 unspecified atom stereocenters. The largest absolute Gasteiger partial charge is 0.354 e. The summed E-state index contributed by atoms with van der Waals surface area (Å²) in [5.74, 6) is -1.44. The fourth-order valence-corrected chi connectivity index (χ4v) is 5.77. The molecule has 0 aromatic heterocycles. The number of amides is 2. The van der Waals surface area contributed by atoms with E-state index in [-0.39, 0.29) is 22.0 Å². The van der Waals surface area contributed by atoms with Crippen LogP contribution in [0.5, 0.6) is 0 Å². The summed E-state index contributed by atoms with van der Waals surface area (Å²) in [7, 11) is -5.58. The zero-order valence-electron chi connectivity index (χ0n) is 18.1. The topological polar surface area (TPSA) is 153 Å². The molecule has 2 aromatic carbocycles. The molecule has 3 rings (SSSR count). The van der Waals surface area contributed by atoms with E-state index in [9.17, 15) is 26.4 Å². The molecule has 0 spiro atoms. The number of nitrogens with zero attached hydrogens (tertiary/aromatic N) is 2. The summed E-state index contributed by atoms with van der Waals surface area (Å²) in [5.41, 5.74) is 0.0842. The minimum absolute atomic E-state index is 0.0842. The first-order valence-corrected chi connectivity index (χ1v) is 13.5. The van der Waals surface area contributed by atoms with E-state index in [2.05, 4.69) is 15.9 Å². The highest BCUT2D eigenvalue weighted by Crippen LogP contribution is 2.30. The minimum atomic E-state index is -4.25. The number of benzene rings is 2. The number of ether oxygens (including phenoxy) is 2. The molecule has 34 heavy (non-hydrogen) atoms. The second kappa shape index (κ2) is 10.2. The van der Waals surface area contributed by atoms with Gasteiger partial charge in [0.1, 0.15) is 6.04 Å². The summed E-state index contributed by atoms with van der Waals surface area (Å²) in [6.45, 7) is -0.354. The van der Waals surface area contributed by atoms with Crippen molar-refractivity contribution in [2.75, 3.05) is 25.7 Å². The lowest BCUT2D eigenvalue weighted by molar-refractivity contribution is -0.125. The molecule has 0 aliphatic carbocycles. The number of hydrogen-bond donors (Lipinski definition) is 1. The minimum Gasteiger partial charge on any atom is -0.354 e. The molecule has 0 bridgehead atoms. The van der Waals surface area contributed by atoms with E-state index in [0.717, 1.165) is 21.3 Å². The van der Waals surface area contributed by atoms with Gasteiger partial charge in [-0.25, -0.2) is 26.9 Å². The van der Waals surface area contributed by atoms with Crippen molar-refractivity contribution in [3.05, 3.63) is 53.0 Å². The van der Waals surface area contributed by atoms with Crippen LogP contribution in [-0.2, 0) is 39.1 Å². The quantitative estimate of drug-likeness (QED) is 0.343. The van der Waals surface area contributed by atoms with Crippen molar-refractivity contribution in [1.82, 2.24) is 4.31 Å². The second-order valence-corrected chi connectivity index (χ2v) is 11.6. The lowest BCUT2D eigenvalue weighted by Gasteiger charge is -2.29. The maximum atomic E-state index is 13.5. The fraction of sp³-hybridized carbons (Fsp3) is 0.300. The van der Waals surface area contributed by atoms with Crippen molar-refractivity contribution in [2.24, 2.45) is 5.14 Å². The first-order valence-electron chi connectivity index (χ1n) is 9.73. The summed E-state index contributed by atoms with van der Waals surface area (Å²) < 4.78 is 61.8. The van der Waals surface area contributed by atoms with Gasteiger partial charge in [0.25, 0.3) is 5.91 Å².